The van der Waals surface area contributed by atoms with Gasteiger partial charge in [-0.05, 0) is 27.8 Å². The van der Waals surface area contributed by atoms with Crippen molar-refractivity contribution in [2.75, 3.05) is 20.1 Å². The molecule has 0 N–H and O–H groups in total. The van der Waals surface area contributed by atoms with Gasteiger partial charge in [0.15, 0.2) is 0 Å². The van der Waals surface area contributed by atoms with Crippen molar-refractivity contribution in [3.8, 4) is 0 Å². The third-order valence-electron chi connectivity index (χ3n) is 3.81. The Morgan fingerprint density at radius 3 is 2.73 bits per heavy atom. The molecule has 2 aromatic heterocycles. The highest BCUT2D eigenvalue weighted by Gasteiger charge is 2.34. The maximum Gasteiger partial charge on any atom is 0.246 e. The number of hydrogen-bond acceptors (Lipinski definition) is 6. The van der Waals surface area contributed by atoms with Gasteiger partial charge in [0.2, 0.25) is 11.8 Å². The molecule has 0 bridgehead atoms. The van der Waals surface area contributed by atoms with E-state index >= 15 is 0 Å². The van der Waals surface area contributed by atoms with Crippen LogP contribution in [0.15, 0.2) is 16.8 Å². The number of halogens is 1. The summed E-state index contributed by atoms with van der Waals surface area (Å²) < 4.78 is 13.5. The molecule has 120 valence electrons. The second kappa shape index (κ2) is 5.64. The van der Waals surface area contributed by atoms with Crippen LogP contribution in [0.2, 0.25) is 5.02 Å². The molecule has 1 saturated heterocycles. The smallest absolute Gasteiger partial charge is 0.246 e. The lowest BCUT2D eigenvalue weighted by Gasteiger charge is -2.32. The van der Waals surface area contributed by atoms with Gasteiger partial charge >= 0.3 is 0 Å². The van der Waals surface area contributed by atoms with Crippen LogP contribution in [0, 0.1) is 0 Å². The van der Waals surface area contributed by atoms with Gasteiger partial charge in [-0.15, -0.1) is 10.2 Å². The van der Waals surface area contributed by atoms with Crippen molar-refractivity contribution in [1.82, 2.24) is 24.9 Å². The number of hydrogen-bond donors (Lipinski definition) is 0. The van der Waals surface area contributed by atoms with Crippen LogP contribution in [0.5, 0.6) is 0 Å². The minimum absolute atomic E-state index is 0.136. The van der Waals surface area contributed by atoms with E-state index in [1.54, 1.807) is 17.1 Å². The molecule has 1 fully saturated rings. The Hall–Kier alpha value is -1.44. The predicted octanol–water partition coefficient (Wildman–Crippen LogP) is 2.09. The summed E-state index contributed by atoms with van der Waals surface area (Å²) in [6, 6.07) is 0. The number of ether oxygens (including phenoxy) is 1. The Morgan fingerprint density at radius 1 is 1.32 bits per heavy atom. The lowest BCUT2D eigenvalue weighted by Crippen LogP contribution is -2.40. The van der Waals surface area contributed by atoms with Crippen molar-refractivity contribution >= 4 is 11.6 Å². The zero-order valence-electron chi connectivity index (χ0n) is 13.2. The standard InChI is InChI=1S/C14H20ClN5O2/c1-9-6-19(4)8-11(21-9)12-17-18-13(22-12)14(2,3)20-7-10(15)5-16-20/h5,7,9,11H,6,8H2,1-4H3/t9-,11-/m1/s1. The third kappa shape index (κ3) is 2.88. The number of nitrogens with zero attached hydrogens (tertiary/aromatic N) is 5. The summed E-state index contributed by atoms with van der Waals surface area (Å²) in [4.78, 5) is 2.20. The average Bonchev–Trinajstić information content (AvgIpc) is 3.06. The summed E-state index contributed by atoms with van der Waals surface area (Å²) in [6.07, 6.45) is 3.25. The zero-order valence-corrected chi connectivity index (χ0v) is 13.9. The molecule has 2 atom stereocenters. The lowest BCUT2D eigenvalue weighted by molar-refractivity contribution is -0.0828. The SMILES string of the molecule is C[C@@H]1CN(C)C[C@H](c2nnc(C(C)(C)n3cc(Cl)cn3)o2)O1. The highest BCUT2D eigenvalue weighted by atomic mass is 35.5. The molecule has 2 aromatic rings. The summed E-state index contributed by atoms with van der Waals surface area (Å²) in [5, 5.41) is 13.1. The number of rotatable bonds is 3. The Labute approximate surface area is 134 Å². The first-order valence-corrected chi connectivity index (χ1v) is 7.62. The van der Waals surface area contributed by atoms with E-state index in [0.29, 0.717) is 16.8 Å². The van der Waals surface area contributed by atoms with E-state index in [-0.39, 0.29) is 12.2 Å². The van der Waals surface area contributed by atoms with Crippen molar-refractivity contribution < 1.29 is 9.15 Å². The second-order valence-corrected chi connectivity index (χ2v) is 6.70. The Kier molecular flexibility index (Phi) is 3.96. The molecule has 3 rings (SSSR count). The maximum atomic E-state index is 5.94. The molecular formula is C14H20ClN5O2. The summed E-state index contributed by atoms with van der Waals surface area (Å²) in [5.41, 5.74) is -0.579. The predicted molar refractivity (Wildman–Crippen MR) is 80.7 cm³/mol. The van der Waals surface area contributed by atoms with Crippen LogP contribution in [-0.2, 0) is 10.3 Å². The molecule has 0 saturated carbocycles. The Morgan fingerprint density at radius 2 is 2.09 bits per heavy atom. The van der Waals surface area contributed by atoms with Crippen LogP contribution < -0.4 is 0 Å². The Bertz CT molecular complexity index is 643. The Balaban J connectivity index is 1.84. The summed E-state index contributed by atoms with van der Waals surface area (Å²) in [7, 11) is 2.05. The lowest BCUT2D eigenvalue weighted by atomic mass is 10.1. The fraction of sp³-hybridized carbons (Fsp3) is 0.643. The van der Waals surface area contributed by atoms with Crippen LogP contribution in [0.4, 0.5) is 0 Å². The zero-order chi connectivity index (χ0) is 15.9. The molecular weight excluding hydrogens is 306 g/mol. The fourth-order valence-corrected chi connectivity index (χ4v) is 2.75. The highest BCUT2D eigenvalue weighted by molar-refractivity contribution is 6.30. The van der Waals surface area contributed by atoms with E-state index in [1.807, 2.05) is 20.8 Å². The van der Waals surface area contributed by atoms with Gasteiger partial charge in [0.25, 0.3) is 0 Å². The topological polar surface area (TPSA) is 69.2 Å². The maximum absolute atomic E-state index is 5.94. The monoisotopic (exact) mass is 325 g/mol. The molecule has 0 amide bonds. The molecule has 1 aliphatic heterocycles. The van der Waals surface area contributed by atoms with Crippen LogP contribution in [0.3, 0.4) is 0 Å². The largest absolute Gasteiger partial charge is 0.420 e. The van der Waals surface area contributed by atoms with Gasteiger partial charge in [-0.3, -0.25) is 4.68 Å². The minimum Gasteiger partial charge on any atom is -0.420 e. The number of morpholine rings is 1. The third-order valence-corrected chi connectivity index (χ3v) is 4.00. The van der Waals surface area contributed by atoms with E-state index in [2.05, 4.69) is 27.2 Å². The van der Waals surface area contributed by atoms with Crippen molar-refractivity contribution in [2.24, 2.45) is 0 Å². The molecule has 0 unspecified atom stereocenters. The molecule has 1 aliphatic rings. The summed E-state index contributed by atoms with van der Waals surface area (Å²) in [6.45, 7) is 7.57. The first-order chi connectivity index (χ1) is 10.4. The van der Waals surface area contributed by atoms with Crippen molar-refractivity contribution in [3.05, 3.63) is 29.2 Å². The highest BCUT2D eigenvalue weighted by Crippen LogP contribution is 2.29. The first kappa shape index (κ1) is 15.5. The van der Waals surface area contributed by atoms with Gasteiger partial charge < -0.3 is 14.1 Å². The van der Waals surface area contributed by atoms with Crippen LogP contribution in [-0.4, -0.2) is 51.1 Å². The molecule has 0 aliphatic carbocycles. The summed E-state index contributed by atoms with van der Waals surface area (Å²) >= 11 is 5.94. The van der Waals surface area contributed by atoms with E-state index in [0.717, 1.165) is 13.1 Å². The van der Waals surface area contributed by atoms with E-state index in [1.165, 1.54) is 0 Å². The molecule has 7 nitrogen and oxygen atoms in total. The van der Waals surface area contributed by atoms with Crippen LogP contribution in [0.25, 0.3) is 0 Å². The molecule has 0 spiro atoms. The number of likely N-dealkylation sites (N-methyl/N-ethyl adjacent to an activating group) is 1. The first-order valence-electron chi connectivity index (χ1n) is 7.25. The fourth-order valence-electron chi connectivity index (χ4n) is 2.62. The van der Waals surface area contributed by atoms with Crippen molar-refractivity contribution in [2.45, 2.75) is 38.5 Å². The van der Waals surface area contributed by atoms with Crippen LogP contribution in [0.1, 0.15) is 38.7 Å². The molecule has 3 heterocycles. The number of aromatic nitrogens is 4. The molecule has 0 radical (unpaired) electrons. The average molecular weight is 326 g/mol. The molecule has 8 heteroatoms. The van der Waals surface area contributed by atoms with Gasteiger partial charge in [-0.2, -0.15) is 5.10 Å². The van der Waals surface area contributed by atoms with Crippen molar-refractivity contribution in [1.29, 1.82) is 0 Å². The van der Waals surface area contributed by atoms with E-state index in [9.17, 15) is 0 Å². The van der Waals surface area contributed by atoms with Gasteiger partial charge in [0.1, 0.15) is 11.6 Å². The van der Waals surface area contributed by atoms with Crippen LogP contribution >= 0.6 is 11.6 Å². The normalized spacial score (nSPS) is 23.9. The summed E-state index contributed by atoms with van der Waals surface area (Å²) in [5.74, 6) is 0.978. The molecule has 22 heavy (non-hydrogen) atoms. The second-order valence-electron chi connectivity index (χ2n) is 6.26. The quantitative estimate of drug-likeness (QED) is 0.860. The van der Waals surface area contributed by atoms with E-state index in [4.69, 9.17) is 20.8 Å². The van der Waals surface area contributed by atoms with Gasteiger partial charge in [0.05, 0.1) is 17.3 Å². The van der Waals surface area contributed by atoms with E-state index < -0.39 is 5.54 Å². The van der Waals surface area contributed by atoms with Gasteiger partial charge in [0, 0.05) is 19.3 Å². The minimum atomic E-state index is -0.579. The van der Waals surface area contributed by atoms with Gasteiger partial charge in [-0.25, -0.2) is 0 Å². The van der Waals surface area contributed by atoms with Gasteiger partial charge in [-0.1, -0.05) is 11.6 Å². The van der Waals surface area contributed by atoms with Crippen molar-refractivity contribution in [3.63, 3.8) is 0 Å². The molecule has 0 aromatic carbocycles.